The fourth-order valence-electron chi connectivity index (χ4n) is 0. The topological polar surface area (TPSA) is 94.8 Å². The first-order valence-electron chi connectivity index (χ1n) is 0.965. The first-order chi connectivity index (χ1) is 3.00. The Balaban J connectivity index is -0.0000000750. The van der Waals surface area contributed by atoms with Crippen molar-refractivity contribution in [3.8, 4) is 0 Å². The van der Waals surface area contributed by atoms with Crippen LogP contribution in [-0.4, -0.2) is 33.5 Å². The van der Waals surface area contributed by atoms with Gasteiger partial charge in [-0.05, 0) is 0 Å². The van der Waals surface area contributed by atoms with Crippen molar-refractivity contribution in [2.24, 2.45) is 0 Å². The van der Waals surface area contributed by atoms with Gasteiger partial charge in [0.05, 0.1) is 0 Å². The van der Waals surface area contributed by atoms with Gasteiger partial charge in [-0.25, -0.2) is 4.57 Å². The Hall–Kier alpha value is 1.09. The second-order valence-corrected chi connectivity index (χ2v) is 1.54. The molecule has 8 heavy (non-hydrogen) atoms. The third kappa shape index (κ3) is 221. The molecule has 0 unspecified atom stereocenters. The fourth-order valence-corrected chi connectivity index (χ4v) is 0. The SMILES string of the molecule is O=P(O)(O)O.[LiH].[O]=[V]. The molecule has 0 bridgehead atoms. The van der Waals surface area contributed by atoms with Crippen LogP contribution in [0.5, 0.6) is 0 Å². The Kier molecular flexibility index (Phi) is 16.2. The zero-order valence-electron chi connectivity index (χ0n) is 3.05. The van der Waals surface area contributed by atoms with Crippen molar-refractivity contribution in [2.75, 3.05) is 0 Å². The molecule has 0 amide bonds. The maximum atomic E-state index is 8.88. The molecule has 3 N–H and O–H groups in total. The number of phosphoric acid groups is 1. The summed E-state index contributed by atoms with van der Waals surface area (Å²) in [7, 11) is -4.64. The van der Waals surface area contributed by atoms with Crippen LogP contribution in [-0.2, 0) is 25.6 Å². The van der Waals surface area contributed by atoms with E-state index in [0.29, 0.717) is 0 Å². The van der Waals surface area contributed by atoms with E-state index in [2.05, 4.69) is 0 Å². The van der Waals surface area contributed by atoms with Gasteiger partial charge in [0.1, 0.15) is 0 Å². The van der Waals surface area contributed by atoms with E-state index in [1.807, 2.05) is 0 Å². The molecule has 0 radical (unpaired) electrons. The minimum atomic E-state index is -4.64. The number of hydrogen-bond acceptors (Lipinski definition) is 2. The van der Waals surface area contributed by atoms with Gasteiger partial charge in [0.2, 0.25) is 0 Å². The molecule has 45 valence electrons. The zero-order chi connectivity index (χ0) is 6.50. The molecule has 0 saturated carbocycles. The van der Waals surface area contributed by atoms with Crippen LogP contribution in [0.25, 0.3) is 0 Å². The van der Waals surface area contributed by atoms with Crippen LogP contribution in [0.15, 0.2) is 0 Å². The van der Waals surface area contributed by atoms with Crippen molar-refractivity contribution in [1.82, 2.24) is 0 Å². The van der Waals surface area contributed by atoms with Crippen LogP contribution < -0.4 is 0 Å². The molecule has 0 aromatic heterocycles. The van der Waals surface area contributed by atoms with Crippen LogP contribution in [0.2, 0.25) is 0 Å². The van der Waals surface area contributed by atoms with E-state index in [1.54, 1.807) is 0 Å². The van der Waals surface area contributed by atoms with Gasteiger partial charge in [-0.1, -0.05) is 0 Å². The Morgan fingerprint density at radius 3 is 1.12 bits per heavy atom. The van der Waals surface area contributed by atoms with Crippen molar-refractivity contribution in [3.63, 3.8) is 0 Å². The van der Waals surface area contributed by atoms with Crippen LogP contribution in [0.3, 0.4) is 0 Å². The summed E-state index contributed by atoms with van der Waals surface area (Å²) >= 11 is 1.06. The third-order valence-electron chi connectivity index (χ3n) is 0. The van der Waals surface area contributed by atoms with Crippen molar-refractivity contribution in [3.05, 3.63) is 0 Å². The summed E-state index contributed by atoms with van der Waals surface area (Å²) in [6, 6.07) is 0. The number of rotatable bonds is 0. The third-order valence-corrected chi connectivity index (χ3v) is 0. The first-order valence-corrected chi connectivity index (χ1v) is 3.10. The molecular weight excluding hydrogens is 169 g/mol. The minimum absolute atomic E-state index is 0. The normalized spacial score (nSPS) is 7.75. The molecule has 0 aliphatic heterocycles. The van der Waals surface area contributed by atoms with E-state index < -0.39 is 7.82 Å². The van der Waals surface area contributed by atoms with E-state index in [1.165, 1.54) is 0 Å². The van der Waals surface area contributed by atoms with Crippen molar-refractivity contribution in [1.29, 1.82) is 0 Å². The van der Waals surface area contributed by atoms with Crippen molar-refractivity contribution >= 4 is 26.7 Å². The summed E-state index contributed by atoms with van der Waals surface area (Å²) in [6.07, 6.45) is 0. The molecule has 0 aromatic carbocycles. The summed E-state index contributed by atoms with van der Waals surface area (Å²) in [5.41, 5.74) is 0. The van der Waals surface area contributed by atoms with E-state index in [0.717, 1.165) is 17.4 Å². The average molecular weight is 173 g/mol. The maximum absolute atomic E-state index is 8.88. The molecule has 8 heteroatoms. The van der Waals surface area contributed by atoms with Gasteiger partial charge in [0, 0.05) is 0 Å². The van der Waals surface area contributed by atoms with E-state index in [9.17, 15) is 0 Å². The van der Waals surface area contributed by atoms with E-state index in [-0.39, 0.29) is 18.9 Å². The van der Waals surface area contributed by atoms with Gasteiger partial charge < -0.3 is 14.7 Å². The Morgan fingerprint density at radius 1 is 1.12 bits per heavy atom. The number of hydrogen-bond donors (Lipinski definition) is 3. The molecular formula is H4LiO5PV. The second-order valence-electron chi connectivity index (χ2n) is 0.513. The first kappa shape index (κ1) is 16.0. The van der Waals surface area contributed by atoms with Gasteiger partial charge in [-0.15, -0.1) is 0 Å². The zero-order valence-corrected chi connectivity index (χ0v) is 5.34. The molecule has 0 aliphatic carbocycles. The molecule has 0 heterocycles. The quantitative estimate of drug-likeness (QED) is 0.299. The predicted molar refractivity (Wildman–Crippen MR) is 22.1 cm³/mol. The second kappa shape index (κ2) is 8.09. The van der Waals surface area contributed by atoms with Gasteiger partial charge >= 0.3 is 47.7 Å². The Morgan fingerprint density at radius 2 is 1.12 bits per heavy atom. The van der Waals surface area contributed by atoms with Gasteiger partial charge in [0.15, 0.2) is 0 Å². The standard InChI is InChI=1S/Li.H3O4P.O.V.H/c;1-5(2,3)4;;;/h;(H3,1,2,3,4);;;. The van der Waals surface area contributed by atoms with Crippen molar-refractivity contribution in [2.45, 2.75) is 0 Å². The molecule has 0 saturated heterocycles. The van der Waals surface area contributed by atoms with Crippen LogP contribution >= 0.6 is 7.82 Å². The summed E-state index contributed by atoms with van der Waals surface area (Å²) in [6.45, 7) is 0. The van der Waals surface area contributed by atoms with E-state index >= 15 is 0 Å². The average Bonchev–Trinajstić information content (AvgIpc) is 1.36. The molecule has 0 fully saturated rings. The fraction of sp³-hybridized carbons (Fsp3) is 0. The van der Waals surface area contributed by atoms with Gasteiger partial charge in [-0.2, -0.15) is 0 Å². The molecule has 0 atom stereocenters. The van der Waals surface area contributed by atoms with Crippen molar-refractivity contribution < 1.29 is 40.3 Å². The van der Waals surface area contributed by atoms with Crippen LogP contribution in [0, 0.1) is 0 Å². The van der Waals surface area contributed by atoms with Crippen LogP contribution in [0.1, 0.15) is 0 Å². The Labute approximate surface area is 67.1 Å². The molecule has 0 spiro atoms. The molecule has 5 nitrogen and oxygen atoms in total. The summed E-state index contributed by atoms with van der Waals surface area (Å²) in [4.78, 5) is 21.6. The predicted octanol–water partition coefficient (Wildman–Crippen LogP) is -1.70. The summed E-state index contributed by atoms with van der Waals surface area (Å²) in [5, 5.41) is 0. The Bertz CT molecular complexity index is 68.2. The van der Waals surface area contributed by atoms with Gasteiger partial charge in [-0.3, -0.25) is 0 Å². The van der Waals surface area contributed by atoms with Gasteiger partial charge in [0.25, 0.3) is 0 Å². The summed E-state index contributed by atoms with van der Waals surface area (Å²) in [5.74, 6) is 0. The van der Waals surface area contributed by atoms with Crippen LogP contribution in [0.4, 0.5) is 0 Å². The molecule has 0 aromatic rings. The monoisotopic (exact) mass is 173 g/mol. The molecule has 0 aliphatic rings. The van der Waals surface area contributed by atoms with E-state index in [4.69, 9.17) is 22.9 Å². The summed E-state index contributed by atoms with van der Waals surface area (Å²) < 4.78 is 17.1. The molecule has 0 rings (SSSR count).